The first-order valence-electron chi connectivity index (χ1n) is 13.1. The zero-order valence-electron chi connectivity index (χ0n) is 22.9. The Balaban J connectivity index is 1.88. The summed E-state index contributed by atoms with van der Waals surface area (Å²) in [6.45, 7) is 4.51. The van der Waals surface area contributed by atoms with Crippen molar-refractivity contribution >= 4 is 50.7 Å². The molecule has 0 bridgehead atoms. The van der Waals surface area contributed by atoms with Gasteiger partial charge in [0.25, 0.3) is 0 Å². The summed E-state index contributed by atoms with van der Waals surface area (Å²) in [7, 11) is -3.71. The van der Waals surface area contributed by atoms with Crippen LogP contribution >= 0.6 is 23.2 Å². The highest BCUT2D eigenvalue weighted by Crippen LogP contribution is 2.31. The van der Waals surface area contributed by atoms with Crippen molar-refractivity contribution in [2.75, 3.05) is 23.7 Å². The number of hydrogen-bond donors (Lipinski definition) is 1. The Kier molecular flexibility index (Phi) is 11.4. The first-order chi connectivity index (χ1) is 19.0. The molecule has 1 N–H and O–H groups in total. The normalized spacial score (nSPS) is 12.0. The summed E-state index contributed by atoms with van der Waals surface area (Å²) in [6, 6.07) is 21.2. The van der Waals surface area contributed by atoms with E-state index in [9.17, 15) is 18.0 Å². The Labute approximate surface area is 247 Å². The maximum Gasteiger partial charge on any atom is 0.243 e. The summed E-state index contributed by atoms with van der Waals surface area (Å²) in [4.78, 5) is 28.7. The summed E-state index contributed by atoms with van der Waals surface area (Å²) in [5, 5.41) is 3.46. The number of sulfonamides is 1. The van der Waals surface area contributed by atoms with Crippen LogP contribution in [0.5, 0.6) is 0 Å². The van der Waals surface area contributed by atoms with Crippen LogP contribution in [0.1, 0.15) is 36.5 Å². The van der Waals surface area contributed by atoms with E-state index >= 15 is 0 Å². The Bertz CT molecular complexity index is 1420. The van der Waals surface area contributed by atoms with Gasteiger partial charge in [-0.25, -0.2) is 8.42 Å². The molecule has 1 atom stereocenters. The van der Waals surface area contributed by atoms with Crippen LogP contribution in [0.3, 0.4) is 0 Å². The number of hydrogen-bond acceptors (Lipinski definition) is 4. The highest BCUT2D eigenvalue weighted by Gasteiger charge is 2.30. The van der Waals surface area contributed by atoms with Gasteiger partial charge in [0, 0.05) is 37.5 Å². The fourth-order valence-electron chi connectivity index (χ4n) is 4.51. The van der Waals surface area contributed by atoms with Crippen molar-refractivity contribution in [2.45, 2.75) is 45.7 Å². The number of nitrogens with one attached hydrogen (secondary N) is 1. The van der Waals surface area contributed by atoms with E-state index in [4.69, 9.17) is 23.2 Å². The van der Waals surface area contributed by atoms with Crippen molar-refractivity contribution < 1.29 is 18.0 Å². The first-order valence-corrected chi connectivity index (χ1v) is 15.7. The van der Waals surface area contributed by atoms with Gasteiger partial charge in [0.1, 0.15) is 6.04 Å². The van der Waals surface area contributed by atoms with E-state index in [1.165, 1.54) is 12.1 Å². The molecule has 7 nitrogen and oxygen atoms in total. The van der Waals surface area contributed by atoms with Gasteiger partial charge in [-0.2, -0.15) is 0 Å². The smallest absolute Gasteiger partial charge is 0.243 e. The number of benzene rings is 3. The largest absolute Gasteiger partial charge is 0.355 e. The van der Waals surface area contributed by atoms with Crippen LogP contribution in [0.2, 0.25) is 10.0 Å². The number of halogens is 2. The average molecular weight is 605 g/mol. The quantitative estimate of drug-likeness (QED) is 0.274. The summed E-state index contributed by atoms with van der Waals surface area (Å²) in [5.41, 5.74) is 3.13. The van der Waals surface area contributed by atoms with Crippen molar-refractivity contribution in [3.63, 3.8) is 0 Å². The second-order valence-electron chi connectivity index (χ2n) is 9.65. The molecule has 0 saturated carbocycles. The van der Waals surface area contributed by atoms with Gasteiger partial charge in [-0.3, -0.25) is 13.9 Å². The lowest BCUT2D eigenvalue weighted by atomic mass is 10.0. The van der Waals surface area contributed by atoms with Gasteiger partial charge in [0.2, 0.25) is 21.8 Å². The molecule has 3 aromatic rings. The number of anilines is 1. The SMILES string of the molecule is CCNC(=O)C(Cc1ccccc1)N(Cc1cccc(C)c1)C(=O)CCCN(c1cc(Cl)ccc1Cl)S(C)(=O)=O. The number of nitrogens with zero attached hydrogens (tertiary/aromatic N) is 2. The summed E-state index contributed by atoms with van der Waals surface area (Å²) in [6.07, 6.45) is 1.67. The highest BCUT2D eigenvalue weighted by atomic mass is 35.5. The summed E-state index contributed by atoms with van der Waals surface area (Å²) in [5.74, 6) is -0.491. The minimum Gasteiger partial charge on any atom is -0.355 e. The van der Waals surface area contributed by atoms with Gasteiger partial charge < -0.3 is 10.2 Å². The molecular weight excluding hydrogens is 569 g/mol. The summed E-state index contributed by atoms with van der Waals surface area (Å²) >= 11 is 12.4. The fraction of sp³-hybridized carbons (Fsp3) is 0.333. The van der Waals surface area contributed by atoms with Crippen LogP contribution in [0.25, 0.3) is 0 Å². The van der Waals surface area contributed by atoms with Gasteiger partial charge in [-0.15, -0.1) is 0 Å². The van der Waals surface area contributed by atoms with Crippen molar-refractivity contribution in [2.24, 2.45) is 0 Å². The maximum absolute atomic E-state index is 13.8. The Morgan fingerprint density at radius 3 is 2.30 bits per heavy atom. The van der Waals surface area contributed by atoms with E-state index in [2.05, 4.69) is 5.32 Å². The Morgan fingerprint density at radius 2 is 1.65 bits per heavy atom. The van der Waals surface area contributed by atoms with Crippen LogP contribution in [0, 0.1) is 6.92 Å². The average Bonchev–Trinajstić information content (AvgIpc) is 2.90. The molecule has 0 aliphatic heterocycles. The maximum atomic E-state index is 13.8. The lowest BCUT2D eigenvalue weighted by Crippen LogP contribution is -2.50. The van der Waals surface area contributed by atoms with Crippen LogP contribution in [-0.4, -0.2) is 50.5 Å². The zero-order valence-corrected chi connectivity index (χ0v) is 25.3. The standard InChI is InChI=1S/C30H35Cl2N3O4S/c1-4-33-30(37)28(19-23-11-6-5-7-12-23)34(21-24-13-8-10-22(2)18-24)29(36)14-9-17-35(40(3,38)39)27-20-25(31)15-16-26(27)32/h5-8,10-13,15-16,18,20,28H,4,9,14,17,19,21H2,1-3H3,(H,33,37). The number of carbonyl (C=O) groups is 2. The fourth-order valence-corrected chi connectivity index (χ4v) is 5.92. The molecule has 2 amide bonds. The van der Waals surface area contributed by atoms with Crippen molar-refractivity contribution in [1.82, 2.24) is 10.2 Å². The van der Waals surface area contributed by atoms with Crippen LogP contribution in [0.4, 0.5) is 5.69 Å². The molecule has 214 valence electrons. The van der Waals surface area contributed by atoms with Gasteiger partial charge in [0.15, 0.2) is 0 Å². The lowest BCUT2D eigenvalue weighted by Gasteiger charge is -2.32. The third-order valence-corrected chi connectivity index (χ3v) is 8.12. The topological polar surface area (TPSA) is 86.8 Å². The van der Waals surface area contributed by atoms with Crippen LogP contribution in [-0.2, 0) is 32.6 Å². The molecule has 10 heteroatoms. The lowest BCUT2D eigenvalue weighted by molar-refractivity contribution is -0.141. The third kappa shape index (κ3) is 8.98. The van der Waals surface area contributed by atoms with Gasteiger partial charge >= 0.3 is 0 Å². The van der Waals surface area contributed by atoms with Crippen molar-refractivity contribution in [3.8, 4) is 0 Å². The monoisotopic (exact) mass is 603 g/mol. The molecule has 40 heavy (non-hydrogen) atoms. The number of carbonyl (C=O) groups excluding carboxylic acids is 2. The molecule has 0 aromatic heterocycles. The molecule has 3 rings (SSSR count). The summed E-state index contributed by atoms with van der Waals surface area (Å²) < 4.78 is 26.4. The number of amides is 2. The highest BCUT2D eigenvalue weighted by molar-refractivity contribution is 7.92. The molecule has 1 unspecified atom stereocenters. The van der Waals surface area contributed by atoms with Crippen molar-refractivity contribution in [1.29, 1.82) is 0 Å². The molecule has 0 heterocycles. The molecule has 0 aliphatic carbocycles. The van der Waals surface area contributed by atoms with E-state index in [0.29, 0.717) is 18.0 Å². The van der Waals surface area contributed by atoms with Crippen LogP contribution < -0.4 is 9.62 Å². The molecule has 0 radical (unpaired) electrons. The van der Waals surface area contributed by atoms with E-state index in [0.717, 1.165) is 27.3 Å². The molecule has 0 aliphatic rings. The van der Waals surface area contributed by atoms with Gasteiger partial charge in [-0.05, 0) is 49.6 Å². The third-order valence-electron chi connectivity index (χ3n) is 6.39. The second-order valence-corrected chi connectivity index (χ2v) is 12.4. The Morgan fingerprint density at radius 1 is 0.950 bits per heavy atom. The molecule has 0 fully saturated rings. The number of rotatable bonds is 13. The predicted molar refractivity (Wildman–Crippen MR) is 162 cm³/mol. The minimum absolute atomic E-state index is 0.0213. The first kappa shape index (κ1) is 31.5. The predicted octanol–water partition coefficient (Wildman–Crippen LogP) is 5.62. The van der Waals surface area contributed by atoms with E-state index in [1.54, 1.807) is 11.0 Å². The number of likely N-dealkylation sites (N-methyl/N-ethyl adjacent to an activating group) is 1. The van der Waals surface area contributed by atoms with Gasteiger partial charge in [0.05, 0.1) is 17.0 Å². The van der Waals surface area contributed by atoms with E-state index < -0.39 is 16.1 Å². The van der Waals surface area contributed by atoms with Crippen molar-refractivity contribution in [3.05, 3.63) is 99.5 Å². The Hall–Kier alpha value is -3.07. The zero-order chi connectivity index (χ0) is 29.3. The van der Waals surface area contributed by atoms with Gasteiger partial charge in [-0.1, -0.05) is 83.4 Å². The van der Waals surface area contributed by atoms with Crippen LogP contribution in [0.15, 0.2) is 72.8 Å². The second kappa shape index (κ2) is 14.5. The molecule has 3 aromatic carbocycles. The molecular formula is C30H35Cl2N3O4S. The van der Waals surface area contributed by atoms with E-state index in [-0.39, 0.29) is 48.5 Å². The minimum atomic E-state index is -3.71. The molecule has 0 saturated heterocycles. The number of aryl methyl sites for hydroxylation is 1. The van der Waals surface area contributed by atoms with E-state index in [1.807, 2.05) is 68.4 Å². The molecule has 0 spiro atoms.